The molecular formula is C13H16O3. The summed E-state index contributed by atoms with van der Waals surface area (Å²) in [5, 5.41) is 8.82. The van der Waals surface area contributed by atoms with Crippen molar-refractivity contribution in [1.29, 1.82) is 0 Å². The lowest BCUT2D eigenvalue weighted by Gasteiger charge is -2.10. The van der Waals surface area contributed by atoms with E-state index in [4.69, 9.17) is 9.84 Å². The Balaban J connectivity index is 2.21. The second kappa shape index (κ2) is 4.56. The van der Waals surface area contributed by atoms with Gasteiger partial charge in [-0.3, -0.25) is 4.79 Å². The molecule has 0 saturated carbocycles. The zero-order valence-electron chi connectivity index (χ0n) is 9.40. The minimum Gasteiger partial charge on any atom is -0.493 e. The number of rotatable bonds is 2. The summed E-state index contributed by atoms with van der Waals surface area (Å²) in [5.74, 6) is 0.428. The Labute approximate surface area is 95.0 Å². The number of aryl methyl sites for hydroxylation is 1. The SMILES string of the molecule is Cc1cccc2c1OCCC(CC(=O)O)C2. The normalized spacial score (nSPS) is 19.4. The first-order chi connectivity index (χ1) is 7.66. The Morgan fingerprint density at radius 3 is 3.12 bits per heavy atom. The molecule has 3 heteroatoms. The molecule has 0 amide bonds. The number of hydrogen-bond acceptors (Lipinski definition) is 2. The van der Waals surface area contributed by atoms with E-state index in [0.29, 0.717) is 6.61 Å². The number of fused-ring (bicyclic) bond motifs is 1. The second-order valence-electron chi connectivity index (χ2n) is 4.37. The van der Waals surface area contributed by atoms with Gasteiger partial charge in [0.1, 0.15) is 5.75 Å². The van der Waals surface area contributed by atoms with Crippen molar-refractivity contribution >= 4 is 5.97 Å². The number of carboxylic acids is 1. The van der Waals surface area contributed by atoms with E-state index >= 15 is 0 Å². The predicted octanol–water partition coefficient (Wildman–Crippen LogP) is 2.41. The van der Waals surface area contributed by atoms with Crippen molar-refractivity contribution in [1.82, 2.24) is 0 Å². The summed E-state index contributed by atoms with van der Waals surface area (Å²) in [6, 6.07) is 6.06. The van der Waals surface area contributed by atoms with Crippen molar-refractivity contribution in [3.05, 3.63) is 29.3 Å². The largest absolute Gasteiger partial charge is 0.493 e. The topological polar surface area (TPSA) is 46.5 Å². The van der Waals surface area contributed by atoms with Crippen LogP contribution < -0.4 is 4.74 Å². The summed E-state index contributed by atoms with van der Waals surface area (Å²) in [7, 11) is 0. The fourth-order valence-electron chi connectivity index (χ4n) is 2.24. The van der Waals surface area contributed by atoms with E-state index in [1.165, 1.54) is 0 Å². The fraction of sp³-hybridized carbons (Fsp3) is 0.462. The van der Waals surface area contributed by atoms with E-state index in [1.54, 1.807) is 0 Å². The van der Waals surface area contributed by atoms with E-state index in [1.807, 2.05) is 25.1 Å². The number of benzene rings is 1. The maximum Gasteiger partial charge on any atom is 0.303 e. The third kappa shape index (κ3) is 2.35. The van der Waals surface area contributed by atoms with Gasteiger partial charge in [0.15, 0.2) is 0 Å². The van der Waals surface area contributed by atoms with Crippen LogP contribution in [0.3, 0.4) is 0 Å². The van der Waals surface area contributed by atoms with E-state index in [0.717, 1.165) is 29.7 Å². The molecule has 0 radical (unpaired) electrons. The van der Waals surface area contributed by atoms with Crippen molar-refractivity contribution in [2.75, 3.05) is 6.61 Å². The quantitative estimate of drug-likeness (QED) is 0.832. The lowest BCUT2D eigenvalue weighted by molar-refractivity contribution is -0.138. The van der Waals surface area contributed by atoms with E-state index < -0.39 is 5.97 Å². The first kappa shape index (κ1) is 11.0. The summed E-state index contributed by atoms with van der Waals surface area (Å²) in [6.45, 7) is 2.64. The van der Waals surface area contributed by atoms with Crippen LogP contribution in [0.1, 0.15) is 24.0 Å². The molecule has 0 spiro atoms. The average molecular weight is 220 g/mol. The maximum atomic E-state index is 10.7. The van der Waals surface area contributed by atoms with E-state index in [9.17, 15) is 4.79 Å². The number of para-hydroxylation sites is 1. The molecule has 1 aromatic carbocycles. The number of hydrogen-bond donors (Lipinski definition) is 1. The number of carbonyl (C=O) groups is 1. The van der Waals surface area contributed by atoms with Crippen molar-refractivity contribution in [3.63, 3.8) is 0 Å². The zero-order chi connectivity index (χ0) is 11.5. The highest BCUT2D eigenvalue weighted by Gasteiger charge is 2.20. The lowest BCUT2D eigenvalue weighted by atomic mass is 9.93. The van der Waals surface area contributed by atoms with Gasteiger partial charge in [-0.25, -0.2) is 0 Å². The number of carboxylic acid groups (broad SMARTS) is 1. The van der Waals surface area contributed by atoms with Crippen LogP contribution in [0.5, 0.6) is 5.75 Å². The summed E-state index contributed by atoms with van der Waals surface area (Å²) in [4.78, 5) is 10.7. The first-order valence-corrected chi connectivity index (χ1v) is 5.60. The van der Waals surface area contributed by atoms with Gasteiger partial charge >= 0.3 is 5.97 Å². The highest BCUT2D eigenvalue weighted by molar-refractivity contribution is 5.67. The molecule has 1 N–H and O–H groups in total. The summed E-state index contributed by atoms with van der Waals surface area (Å²) >= 11 is 0. The number of aliphatic carboxylic acids is 1. The molecule has 1 unspecified atom stereocenters. The zero-order valence-corrected chi connectivity index (χ0v) is 9.40. The minimum atomic E-state index is -0.721. The minimum absolute atomic E-state index is 0.195. The van der Waals surface area contributed by atoms with Crippen LogP contribution in [0.25, 0.3) is 0 Å². The lowest BCUT2D eigenvalue weighted by Crippen LogP contribution is -2.11. The third-order valence-corrected chi connectivity index (χ3v) is 3.04. The summed E-state index contributed by atoms with van der Waals surface area (Å²) < 4.78 is 5.70. The van der Waals surface area contributed by atoms with Crippen LogP contribution in [0.4, 0.5) is 0 Å². The van der Waals surface area contributed by atoms with Crippen molar-refractivity contribution in [2.45, 2.75) is 26.2 Å². The van der Waals surface area contributed by atoms with Crippen LogP contribution in [-0.4, -0.2) is 17.7 Å². The molecular weight excluding hydrogens is 204 g/mol. The molecule has 86 valence electrons. The molecule has 1 aliphatic heterocycles. The highest BCUT2D eigenvalue weighted by atomic mass is 16.5. The van der Waals surface area contributed by atoms with Gasteiger partial charge in [-0.1, -0.05) is 18.2 Å². The van der Waals surface area contributed by atoms with Gasteiger partial charge in [0.2, 0.25) is 0 Å². The standard InChI is InChI=1S/C13H16O3/c1-9-3-2-4-11-7-10(8-12(14)15)5-6-16-13(9)11/h2-4,10H,5-8H2,1H3,(H,14,15). The second-order valence-corrected chi connectivity index (χ2v) is 4.37. The Morgan fingerprint density at radius 2 is 2.38 bits per heavy atom. The van der Waals surface area contributed by atoms with Crippen molar-refractivity contribution < 1.29 is 14.6 Å². The Hall–Kier alpha value is -1.51. The highest BCUT2D eigenvalue weighted by Crippen LogP contribution is 2.30. The Kier molecular flexibility index (Phi) is 3.13. The van der Waals surface area contributed by atoms with Crippen molar-refractivity contribution in [3.8, 4) is 5.75 Å². The molecule has 0 aromatic heterocycles. The van der Waals surface area contributed by atoms with Crippen LogP contribution in [0, 0.1) is 12.8 Å². The maximum absolute atomic E-state index is 10.7. The van der Waals surface area contributed by atoms with Gasteiger partial charge in [0.25, 0.3) is 0 Å². The first-order valence-electron chi connectivity index (χ1n) is 5.60. The molecule has 0 saturated heterocycles. The van der Waals surface area contributed by atoms with E-state index in [2.05, 4.69) is 0 Å². The van der Waals surface area contributed by atoms with Gasteiger partial charge in [-0.15, -0.1) is 0 Å². The van der Waals surface area contributed by atoms with Crippen molar-refractivity contribution in [2.24, 2.45) is 5.92 Å². The monoisotopic (exact) mass is 220 g/mol. The average Bonchev–Trinajstić information content (AvgIpc) is 2.39. The molecule has 2 rings (SSSR count). The Bertz CT molecular complexity index is 398. The van der Waals surface area contributed by atoms with Crippen LogP contribution in [-0.2, 0) is 11.2 Å². The molecule has 1 atom stereocenters. The summed E-state index contributed by atoms with van der Waals surface area (Å²) in [6.07, 6.45) is 1.86. The molecule has 0 fully saturated rings. The van der Waals surface area contributed by atoms with Crippen LogP contribution in [0.15, 0.2) is 18.2 Å². The van der Waals surface area contributed by atoms with E-state index in [-0.39, 0.29) is 12.3 Å². The summed E-state index contributed by atoms with van der Waals surface area (Å²) in [5.41, 5.74) is 2.28. The van der Waals surface area contributed by atoms with Gasteiger partial charge < -0.3 is 9.84 Å². The molecule has 1 aliphatic rings. The fourth-order valence-corrected chi connectivity index (χ4v) is 2.24. The Morgan fingerprint density at radius 1 is 1.56 bits per heavy atom. The molecule has 1 heterocycles. The molecule has 0 bridgehead atoms. The van der Waals surface area contributed by atoms with Gasteiger partial charge in [0.05, 0.1) is 6.61 Å². The van der Waals surface area contributed by atoms with Crippen LogP contribution >= 0.6 is 0 Å². The smallest absolute Gasteiger partial charge is 0.303 e. The third-order valence-electron chi connectivity index (χ3n) is 3.04. The van der Waals surface area contributed by atoms with Gasteiger partial charge in [-0.2, -0.15) is 0 Å². The van der Waals surface area contributed by atoms with Crippen LogP contribution in [0.2, 0.25) is 0 Å². The molecule has 16 heavy (non-hydrogen) atoms. The van der Waals surface area contributed by atoms with Gasteiger partial charge in [-0.05, 0) is 36.8 Å². The molecule has 0 aliphatic carbocycles. The predicted molar refractivity (Wildman–Crippen MR) is 60.7 cm³/mol. The molecule has 1 aromatic rings. The number of ether oxygens (including phenoxy) is 1. The molecule has 3 nitrogen and oxygen atoms in total. The van der Waals surface area contributed by atoms with Gasteiger partial charge in [0, 0.05) is 6.42 Å².